The van der Waals surface area contributed by atoms with Gasteiger partial charge in [0.15, 0.2) is 0 Å². The summed E-state index contributed by atoms with van der Waals surface area (Å²) in [6.07, 6.45) is 6.05. The number of nitrogens with zero attached hydrogens (tertiary/aromatic N) is 2. The van der Waals surface area contributed by atoms with Crippen LogP contribution in [0.5, 0.6) is 0 Å². The molecule has 0 amide bonds. The first kappa shape index (κ1) is 19.5. The van der Waals surface area contributed by atoms with Crippen molar-refractivity contribution in [1.82, 2.24) is 9.97 Å². The number of Topliss-reactive ketones (excluding diaryl/α,β-unsaturated/α-hetero) is 1. The Morgan fingerprint density at radius 3 is 2.29 bits per heavy atom. The van der Waals surface area contributed by atoms with Gasteiger partial charge in [-0.3, -0.25) is 14.8 Å². The maximum absolute atomic E-state index is 12.1. The van der Waals surface area contributed by atoms with Crippen LogP contribution in [0.4, 0.5) is 0 Å². The highest BCUT2D eigenvalue weighted by Gasteiger charge is 2.06. The smallest absolute Gasteiger partial charge is 0.141 e. The highest BCUT2D eigenvalue weighted by Crippen LogP contribution is 2.13. The molecule has 0 aliphatic rings. The Morgan fingerprint density at radius 2 is 1.58 bits per heavy atom. The van der Waals surface area contributed by atoms with Crippen molar-refractivity contribution in [2.45, 2.75) is 40.5 Å². The zero-order valence-corrected chi connectivity index (χ0v) is 15.0. The van der Waals surface area contributed by atoms with E-state index in [1.807, 2.05) is 70.2 Å². The van der Waals surface area contributed by atoms with Crippen molar-refractivity contribution >= 4 is 16.7 Å². The normalized spacial score (nSPS) is 9.33. The third kappa shape index (κ3) is 5.92. The maximum atomic E-state index is 12.1. The number of benzene rings is 1. The van der Waals surface area contributed by atoms with Gasteiger partial charge in [-0.05, 0) is 29.3 Å². The molecular formula is C21H26N2O. The standard InChI is InChI=1S/C17H14N2O.2C2H6/c20-16(9-13-4-3-7-18-11-13)10-14-8-15-5-1-2-6-17(15)19-12-14;2*1-2/h1-8,11-12H,9-10H2;2*1-2H3. The molecule has 0 bridgehead atoms. The molecule has 126 valence electrons. The first-order valence-electron chi connectivity index (χ1n) is 8.55. The molecule has 2 aromatic heterocycles. The van der Waals surface area contributed by atoms with E-state index in [1.165, 1.54) is 0 Å². The lowest BCUT2D eigenvalue weighted by Gasteiger charge is -2.03. The molecule has 0 atom stereocenters. The number of pyridine rings is 2. The molecule has 2 heterocycles. The maximum Gasteiger partial charge on any atom is 0.141 e. The number of rotatable bonds is 4. The zero-order valence-electron chi connectivity index (χ0n) is 15.0. The summed E-state index contributed by atoms with van der Waals surface area (Å²) in [6, 6.07) is 13.7. The third-order valence-electron chi connectivity index (χ3n) is 3.17. The predicted octanol–water partition coefficient (Wildman–Crippen LogP) is 5.04. The summed E-state index contributed by atoms with van der Waals surface area (Å²) in [7, 11) is 0. The Kier molecular flexibility index (Phi) is 8.98. The highest BCUT2D eigenvalue weighted by atomic mass is 16.1. The van der Waals surface area contributed by atoms with Crippen LogP contribution in [0.1, 0.15) is 38.8 Å². The average Bonchev–Trinajstić information content (AvgIpc) is 2.66. The van der Waals surface area contributed by atoms with Crippen LogP contribution in [0.25, 0.3) is 10.9 Å². The summed E-state index contributed by atoms with van der Waals surface area (Å²) < 4.78 is 0. The van der Waals surface area contributed by atoms with Gasteiger partial charge < -0.3 is 0 Å². The Balaban J connectivity index is 0.000000671. The zero-order chi connectivity index (χ0) is 17.8. The lowest BCUT2D eigenvalue weighted by atomic mass is 10.0. The van der Waals surface area contributed by atoms with E-state index in [9.17, 15) is 4.79 Å². The van der Waals surface area contributed by atoms with Gasteiger partial charge in [0, 0.05) is 36.8 Å². The monoisotopic (exact) mass is 322 g/mol. The molecule has 0 aliphatic heterocycles. The molecule has 1 aromatic carbocycles. The van der Waals surface area contributed by atoms with Crippen LogP contribution in [0.2, 0.25) is 0 Å². The van der Waals surface area contributed by atoms with Gasteiger partial charge in [0.05, 0.1) is 5.52 Å². The highest BCUT2D eigenvalue weighted by molar-refractivity contribution is 5.85. The van der Waals surface area contributed by atoms with E-state index in [-0.39, 0.29) is 5.78 Å². The summed E-state index contributed by atoms with van der Waals surface area (Å²) in [5.74, 6) is 0.176. The van der Waals surface area contributed by atoms with E-state index in [4.69, 9.17) is 0 Å². The number of hydrogen-bond donors (Lipinski definition) is 0. The van der Waals surface area contributed by atoms with E-state index >= 15 is 0 Å². The van der Waals surface area contributed by atoms with Gasteiger partial charge in [-0.15, -0.1) is 0 Å². The molecule has 3 rings (SSSR count). The first-order chi connectivity index (χ1) is 11.8. The lowest BCUT2D eigenvalue weighted by Crippen LogP contribution is -2.07. The quantitative estimate of drug-likeness (QED) is 0.676. The fourth-order valence-electron chi connectivity index (χ4n) is 2.23. The van der Waals surface area contributed by atoms with Crippen molar-refractivity contribution in [1.29, 1.82) is 0 Å². The Bertz CT molecular complexity index is 739. The topological polar surface area (TPSA) is 42.9 Å². The molecule has 0 saturated heterocycles. The molecule has 0 saturated carbocycles. The molecule has 0 aliphatic carbocycles. The number of carbonyl (C=O) groups excluding carboxylic acids is 1. The molecule has 24 heavy (non-hydrogen) atoms. The van der Waals surface area contributed by atoms with E-state index in [0.29, 0.717) is 12.8 Å². The number of ketones is 1. The second kappa shape index (κ2) is 11.1. The van der Waals surface area contributed by atoms with Gasteiger partial charge in [-0.25, -0.2) is 0 Å². The summed E-state index contributed by atoms with van der Waals surface area (Å²) >= 11 is 0. The molecular weight excluding hydrogens is 296 g/mol. The fourth-order valence-corrected chi connectivity index (χ4v) is 2.23. The van der Waals surface area contributed by atoms with Crippen molar-refractivity contribution in [2.75, 3.05) is 0 Å². The molecule has 0 fully saturated rings. The largest absolute Gasteiger partial charge is 0.299 e. The van der Waals surface area contributed by atoms with Crippen LogP contribution >= 0.6 is 0 Å². The molecule has 0 spiro atoms. The minimum atomic E-state index is 0.176. The van der Waals surface area contributed by atoms with Gasteiger partial charge in [-0.2, -0.15) is 0 Å². The van der Waals surface area contributed by atoms with Gasteiger partial charge >= 0.3 is 0 Å². The minimum Gasteiger partial charge on any atom is -0.299 e. The second-order valence-electron chi connectivity index (χ2n) is 4.79. The molecule has 0 unspecified atom stereocenters. The number of aromatic nitrogens is 2. The Morgan fingerprint density at radius 1 is 0.875 bits per heavy atom. The van der Waals surface area contributed by atoms with Gasteiger partial charge in [0.1, 0.15) is 5.78 Å². The van der Waals surface area contributed by atoms with Gasteiger partial charge in [0.2, 0.25) is 0 Å². The minimum absolute atomic E-state index is 0.176. The van der Waals surface area contributed by atoms with Gasteiger partial charge in [-0.1, -0.05) is 52.0 Å². The van der Waals surface area contributed by atoms with Crippen LogP contribution in [0.15, 0.2) is 61.1 Å². The van der Waals surface area contributed by atoms with Crippen molar-refractivity contribution in [2.24, 2.45) is 0 Å². The predicted molar refractivity (Wildman–Crippen MR) is 101 cm³/mol. The molecule has 0 N–H and O–H groups in total. The Hall–Kier alpha value is -2.55. The van der Waals surface area contributed by atoms with Crippen LogP contribution in [-0.2, 0) is 17.6 Å². The van der Waals surface area contributed by atoms with Crippen LogP contribution in [-0.4, -0.2) is 15.8 Å². The molecule has 3 nitrogen and oxygen atoms in total. The summed E-state index contributed by atoms with van der Waals surface area (Å²) in [6.45, 7) is 8.00. The average molecular weight is 322 g/mol. The summed E-state index contributed by atoms with van der Waals surface area (Å²) in [5, 5.41) is 1.07. The number of carbonyl (C=O) groups is 1. The molecule has 0 radical (unpaired) electrons. The van der Waals surface area contributed by atoms with Crippen molar-refractivity contribution in [3.05, 3.63) is 72.2 Å². The number of hydrogen-bond acceptors (Lipinski definition) is 3. The second-order valence-corrected chi connectivity index (χ2v) is 4.79. The molecule has 3 aromatic rings. The first-order valence-corrected chi connectivity index (χ1v) is 8.55. The number of fused-ring (bicyclic) bond motifs is 1. The SMILES string of the molecule is CC.CC.O=C(Cc1cccnc1)Cc1cnc2ccccc2c1. The van der Waals surface area contributed by atoms with Crippen LogP contribution < -0.4 is 0 Å². The van der Waals surface area contributed by atoms with Crippen molar-refractivity contribution in [3.63, 3.8) is 0 Å². The van der Waals surface area contributed by atoms with E-state index in [2.05, 4.69) is 9.97 Å². The summed E-state index contributed by atoms with van der Waals surface area (Å²) in [4.78, 5) is 20.5. The van der Waals surface area contributed by atoms with Crippen LogP contribution in [0, 0.1) is 0 Å². The van der Waals surface area contributed by atoms with Crippen molar-refractivity contribution < 1.29 is 4.79 Å². The van der Waals surface area contributed by atoms with E-state index in [0.717, 1.165) is 22.0 Å². The van der Waals surface area contributed by atoms with E-state index in [1.54, 1.807) is 18.6 Å². The summed E-state index contributed by atoms with van der Waals surface area (Å²) in [5.41, 5.74) is 2.86. The third-order valence-corrected chi connectivity index (χ3v) is 3.17. The Labute approximate surface area is 144 Å². The van der Waals surface area contributed by atoms with Crippen LogP contribution in [0.3, 0.4) is 0 Å². The lowest BCUT2D eigenvalue weighted by molar-refractivity contribution is -0.117. The number of para-hydroxylation sites is 1. The van der Waals surface area contributed by atoms with Gasteiger partial charge in [0.25, 0.3) is 0 Å². The van der Waals surface area contributed by atoms with Crippen molar-refractivity contribution in [3.8, 4) is 0 Å². The molecule has 3 heteroatoms. The van der Waals surface area contributed by atoms with E-state index < -0.39 is 0 Å². The fraction of sp³-hybridized carbons (Fsp3) is 0.286.